The predicted molar refractivity (Wildman–Crippen MR) is 58.2 cm³/mol. The minimum Gasteiger partial charge on any atom is -0.266 e. The number of aryl methyl sites for hydroxylation is 1. The molecule has 0 aliphatic heterocycles. The van der Waals surface area contributed by atoms with Crippen molar-refractivity contribution >= 4 is 5.91 Å². The van der Waals surface area contributed by atoms with Gasteiger partial charge in [-0.15, -0.1) is 0 Å². The summed E-state index contributed by atoms with van der Waals surface area (Å²) in [5.74, 6) is -0.583. The fraction of sp³-hybridized carbons (Fsp3) is 0.417. The molecule has 1 aromatic carbocycles. The van der Waals surface area contributed by atoms with E-state index in [0.29, 0.717) is 5.56 Å². The SMILES string of the molecule is Cc1ccccc1C(=O)N(F)C(C)(C)C. The molecule has 3 heteroatoms. The Morgan fingerprint density at radius 3 is 2.27 bits per heavy atom. The Hall–Kier alpha value is -1.38. The van der Waals surface area contributed by atoms with Crippen LogP contribution in [-0.4, -0.2) is 16.6 Å². The summed E-state index contributed by atoms with van der Waals surface area (Å²) in [6.07, 6.45) is 0. The molecule has 0 aliphatic rings. The lowest BCUT2D eigenvalue weighted by Gasteiger charge is -2.26. The first-order chi connectivity index (χ1) is 6.84. The van der Waals surface area contributed by atoms with Crippen molar-refractivity contribution in [2.45, 2.75) is 33.2 Å². The molecule has 1 rings (SSSR count). The summed E-state index contributed by atoms with van der Waals surface area (Å²) in [6, 6.07) is 6.99. The van der Waals surface area contributed by atoms with Crippen molar-refractivity contribution in [3.8, 4) is 0 Å². The molecule has 0 radical (unpaired) electrons. The third kappa shape index (κ3) is 2.55. The summed E-state index contributed by atoms with van der Waals surface area (Å²) in [5, 5.41) is 0.273. The van der Waals surface area contributed by atoms with Crippen molar-refractivity contribution in [1.82, 2.24) is 5.12 Å². The van der Waals surface area contributed by atoms with E-state index >= 15 is 0 Å². The molecular weight excluding hydrogens is 193 g/mol. The van der Waals surface area contributed by atoms with Crippen molar-refractivity contribution in [3.63, 3.8) is 0 Å². The van der Waals surface area contributed by atoms with E-state index in [1.165, 1.54) is 0 Å². The first-order valence-corrected chi connectivity index (χ1v) is 4.90. The molecule has 0 aliphatic carbocycles. The van der Waals surface area contributed by atoms with Crippen LogP contribution in [0, 0.1) is 6.92 Å². The Labute approximate surface area is 89.6 Å². The zero-order valence-corrected chi connectivity index (χ0v) is 9.54. The van der Waals surface area contributed by atoms with Crippen molar-refractivity contribution in [2.24, 2.45) is 0 Å². The molecule has 1 amide bonds. The van der Waals surface area contributed by atoms with Crippen LogP contribution in [-0.2, 0) is 0 Å². The van der Waals surface area contributed by atoms with E-state index in [1.54, 1.807) is 45.9 Å². The first kappa shape index (κ1) is 11.7. The summed E-state index contributed by atoms with van der Waals surface area (Å²) in [7, 11) is 0. The minimum atomic E-state index is -0.806. The Balaban J connectivity index is 3.01. The molecular formula is C12H16FNO. The smallest absolute Gasteiger partial charge is 0.266 e. The van der Waals surface area contributed by atoms with Crippen LogP contribution in [0.2, 0.25) is 0 Å². The molecule has 0 spiro atoms. The minimum absolute atomic E-state index is 0.273. The third-order valence-corrected chi connectivity index (χ3v) is 2.14. The van der Waals surface area contributed by atoms with Gasteiger partial charge in [-0.1, -0.05) is 22.7 Å². The summed E-state index contributed by atoms with van der Waals surface area (Å²) in [5.41, 5.74) is 0.392. The van der Waals surface area contributed by atoms with Crippen LogP contribution < -0.4 is 0 Å². The van der Waals surface area contributed by atoms with E-state index in [2.05, 4.69) is 0 Å². The maximum absolute atomic E-state index is 13.7. The van der Waals surface area contributed by atoms with Crippen LogP contribution >= 0.6 is 0 Å². The molecule has 15 heavy (non-hydrogen) atoms. The van der Waals surface area contributed by atoms with Gasteiger partial charge in [-0.25, -0.2) is 0 Å². The summed E-state index contributed by atoms with van der Waals surface area (Å²) in [4.78, 5) is 11.8. The van der Waals surface area contributed by atoms with Gasteiger partial charge in [-0.05, 0) is 39.3 Å². The average molecular weight is 209 g/mol. The molecule has 0 aromatic heterocycles. The number of nitrogens with zero attached hydrogens (tertiary/aromatic N) is 1. The lowest BCUT2D eigenvalue weighted by Crippen LogP contribution is -2.39. The largest absolute Gasteiger partial charge is 0.282 e. The first-order valence-electron chi connectivity index (χ1n) is 4.90. The number of carbonyl (C=O) groups is 1. The van der Waals surface area contributed by atoms with Gasteiger partial charge in [0.25, 0.3) is 5.91 Å². The molecule has 0 fully saturated rings. The molecule has 1 aromatic rings. The summed E-state index contributed by atoms with van der Waals surface area (Å²) in [6.45, 7) is 6.76. The predicted octanol–water partition coefficient (Wildman–Crippen LogP) is 3.12. The van der Waals surface area contributed by atoms with Gasteiger partial charge in [0.15, 0.2) is 0 Å². The van der Waals surface area contributed by atoms with Crippen molar-refractivity contribution < 1.29 is 9.28 Å². The van der Waals surface area contributed by atoms with Crippen LogP contribution in [0.1, 0.15) is 36.7 Å². The number of hydrogen-bond acceptors (Lipinski definition) is 1. The topological polar surface area (TPSA) is 20.3 Å². The molecule has 0 saturated carbocycles. The normalized spacial score (nSPS) is 11.3. The Bertz CT molecular complexity index is 368. The van der Waals surface area contributed by atoms with E-state index in [1.807, 2.05) is 6.07 Å². The lowest BCUT2D eigenvalue weighted by molar-refractivity contribution is -0.0322. The van der Waals surface area contributed by atoms with Gasteiger partial charge in [-0.2, -0.15) is 5.12 Å². The van der Waals surface area contributed by atoms with Gasteiger partial charge >= 0.3 is 0 Å². The van der Waals surface area contributed by atoms with Crippen LogP contribution in [0.3, 0.4) is 0 Å². The lowest BCUT2D eigenvalue weighted by atomic mass is 10.0. The average Bonchev–Trinajstić information content (AvgIpc) is 2.15. The molecule has 0 heterocycles. The second-order valence-electron chi connectivity index (χ2n) is 4.57. The van der Waals surface area contributed by atoms with Gasteiger partial charge in [-0.3, -0.25) is 4.79 Å². The molecule has 0 N–H and O–H groups in total. The Morgan fingerprint density at radius 2 is 1.80 bits per heavy atom. The maximum Gasteiger partial charge on any atom is 0.282 e. The van der Waals surface area contributed by atoms with Gasteiger partial charge in [0.05, 0.1) is 5.54 Å². The number of carbonyl (C=O) groups excluding carboxylic acids is 1. The number of benzene rings is 1. The monoisotopic (exact) mass is 209 g/mol. The second-order valence-corrected chi connectivity index (χ2v) is 4.57. The van der Waals surface area contributed by atoms with Crippen molar-refractivity contribution in [3.05, 3.63) is 35.4 Å². The van der Waals surface area contributed by atoms with Crippen LogP contribution in [0.25, 0.3) is 0 Å². The van der Waals surface area contributed by atoms with Crippen LogP contribution in [0.15, 0.2) is 24.3 Å². The van der Waals surface area contributed by atoms with E-state index in [9.17, 15) is 9.28 Å². The molecule has 0 bridgehead atoms. The highest BCUT2D eigenvalue weighted by Gasteiger charge is 2.28. The molecule has 0 atom stereocenters. The second kappa shape index (κ2) is 4.01. The van der Waals surface area contributed by atoms with Crippen molar-refractivity contribution in [2.75, 3.05) is 0 Å². The number of hydrogen-bond donors (Lipinski definition) is 0. The summed E-state index contributed by atoms with van der Waals surface area (Å²) >= 11 is 0. The highest BCUT2D eigenvalue weighted by molar-refractivity contribution is 5.95. The Morgan fingerprint density at radius 1 is 1.27 bits per heavy atom. The van der Waals surface area contributed by atoms with Crippen LogP contribution in [0.4, 0.5) is 4.48 Å². The standard InChI is InChI=1S/C12H16FNO/c1-9-7-5-6-8-10(9)11(15)14(13)12(2,3)4/h5-8H,1-4H3. The fourth-order valence-corrected chi connectivity index (χ4v) is 1.22. The van der Waals surface area contributed by atoms with E-state index in [-0.39, 0.29) is 5.12 Å². The molecule has 0 unspecified atom stereocenters. The highest BCUT2D eigenvalue weighted by atomic mass is 19.2. The van der Waals surface area contributed by atoms with E-state index < -0.39 is 11.4 Å². The third-order valence-electron chi connectivity index (χ3n) is 2.14. The van der Waals surface area contributed by atoms with Gasteiger partial charge in [0, 0.05) is 5.56 Å². The van der Waals surface area contributed by atoms with Gasteiger partial charge in [0.2, 0.25) is 0 Å². The maximum atomic E-state index is 13.7. The Kier molecular flexibility index (Phi) is 3.12. The zero-order chi connectivity index (χ0) is 11.6. The quantitative estimate of drug-likeness (QED) is 0.651. The summed E-state index contributed by atoms with van der Waals surface area (Å²) < 4.78 is 13.7. The number of rotatable bonds is 1. The van der Waals surface area contributed by atoms with E-state index in [4.69, 9.17) is 0 Å². The van der Waals surface area contributed by atoms with Gasteiger partial charge in [0.1, 0.15) is 0 Å². The fourth-order valence-electron chi connectivity index (χ4n) is 1.22. The van der Waals surface area contributed by atoms with Crippen molar-refractivity contribution in [1.29, 1.82) is 0 Å². The zero-order valence-electron chi connectivity index (χ0n) is 9.54. The number of amides is 1. The highest BCUT2D eigenvalue weighted by Crippen LogP contribution is 2.19. The number of halogens is 1. The van der Waals surface area contributed by atoms with Gasteiger partial charge < -0.3 is 0 Å². The molecule has 82 valence electrons. The molecule has 2 nitrogen and oxygen atoms in total. The molecule has 0 saturated heterocycles. The van der Waals surface area contributed by atoms with E-state index in [0.717, 1.165) is 5.56 Å². The van der Waals surface area contributed by atoms with Crippen LogP contribution in [0.5, 0.6) is 0 Å².